The van der Waals surface area contributed by atoms with E-state index in [4.69, 9.17) is 9.88 Å². The van der Waals surface area contributed by atoms with Crippen LogP contribution in [0.2, 0.25) is 0 Å². The van der Waals surface area contributed by atoms with Crippen molar-refractivity contribution in [2.45, 2.75) is 25.2 Å². The predicted octanol–water partition coefficient (Wildman–Crippen LogP) is 0.150. The monoisotopic (exact) mass is 245 g/mol. The maximum Gasteiger partial charge on any atom is 0.214 e. The first-order chi connectivity index (χ1) is 7.36. The van der Waals surface area contributed by atoms with Crippen molar-refractivity contribution < 1.29 is 13.2 Å². The molecule has 2 N–H and O–H groups in total. The van der Waals surface area contributed by atoms with Crippen LogP contribution in [0.3, 0.4) is 0 Å². The number of hydrogen-bond donors (Lipinski definition) is 1. The lowest BCUT2D eigenvalue weighted by atomic mass is 10.2. The second kappa shape index (κ2) is 4.86. The summed E-state index contributed by atoms with van der Waals surface area (Å²) in [6.45, 7) is 3.27. The molecule has 0 saturated carbocycles. The number of nitrogens with two attached hydrogens (primary N) is 1. The zero-order valence-corrected chi connectivity index (χ0v) is 10.2. The van der Waals surface area contributed by atoms with E-state index in [-0.39, 0.29) is 0 Å². The number of nitrogens with zero attached hydrogens (tertiary/aromatic N) is 2. The van der Waals surface area contributed by atoms with E-state index in [9.17, 15) is 8.42 Å². The Morgan fingerprint density at radius 2 is 2.00 bits per heavy atom. The summed E-state index contributed by atoms with van der Waals surface area (Å²) in [5.74, 6) is 0. The van der Waals surface area contributed by atoms with Crippen LogP contribution in [0.25, 0.3) is 0 Å². The van der Waals surface area contributed by atoms with E-state index in [0.29, 0.717) is 5.69 Å². The molecule has 0 bridgehead atoms. The zero-order chi connectivity index (χ0) is 12.3. The van der Waals surface area contributed by atoms with Crippen molar-refractivity contribution in [2.24, 2.45) is 5.14 Å². The molecule has 6 nitrogen and oxygen atoms in total. The van der Waals surface area contributed by atoms with Crippen LogP contribution in [0.1, 0.15) is 24.4 Å². The van der Waals surface area contributed by atoms with Gasteiger partial charge in [-0.2, -0.15) is 0 Å². The minimum absolute atomic E-state index is 0.453. The van der Waals surface area contributed by atoms with Gasteiger partial charge in [0, 0.05) is 13.3 Å². The van der Waals surface area contributed by atoms with Gasteiger partial charge in [0.05, 0.1) is 17.6 Å². The maximum atomic E-state index is 11.2. The lowest BCUT2D eigenvalue weighted by Crippen LogP contribution is -2.32. The fourth-order valence-corrected chi connectivity index (χ4v) is 1.87. The van der Waals surface area contributed by atoms with Crippen LogP contribution in [-0.4, -0.2) is 30.7 Å². The summed E-state index contributed by atoms with van der Waals surface area (Å²) < 4.78 is 27.5. The Morgan fingerprint density at radius 1 is 1.38 bits per heavy atom. The highest BCUT2D eigenvalue weighted by Gasteiger charge is 2.29. The number of aromatic nitrogens is 2. The van der Waals surface area contributed by atoms with Crippen molar-refractivity contribution in [1.29, 1.82) is 0 Å². The quantitative estimate of drug-likeness (QED) is 0.814. The van der Waals surface area contributed by atoms with Crippen molar-refractivity contribution in [3.8, 4) is 0 Å². The van der Waals surface area contributed by atoms with Gasteiger partial charge in [0.15, 0.2) is 0 Å². The average molecular weight is 245 g/mol. The summed E-state index contributed by atoms with van der Waals surface area (Å²) in [5.41, 5.74) is 1.21. The molecule has 2 atom stereocenters. The van der Waals surface area contributed by atoms with Crippen LogP contribution in [0, 0.1) is 6.92 Å². The van der Waals surface area contributed by atoms with Crippen LogP contribution in [0.4, 0.5) is 0 Å². The Kier molecular flexibility index (Phi) is 3.95. The molecule has 0 aromatic carbocycles. The van der Waals surface area contributed by atoms with Crippen LogP contribution in [-0.2, 0) is 14.8 Å². The van der Waals surface area contributed by atoms with E-state index in [1.807, 2.05) is 0 Å². The van der Waals surface area contributed by atoms with Gasteiger partial charge in [0.2, 0.25) is 10.0 Å². The molecule has 0 aliphatic heterocycles. The molecule has 0 spiro atoms. The molecule has 0 aliphatic rings. The lowest BCUT2D eigenvalue weighted by molar-refractivity contribution is 0.0984. The fourth-order valence-electron chi connectivity index (χ4n) is 1.27. The Bertz CT molecular complexity index is 444. The molecule has 16 heavy (non-hydrogen) atoms. The minimum Gasteiger partial charge on any atom is -0.374 e. The molecule has 0 saturated heterocycles. The van der Waals surface area contributed by atoms with Crippen molar-refractivity contribution in [2.75, 3.05) is 7.11 Å². The molecule has 2 unspecified atom stereocenters. The Balaban J connectivity index is 3.03. The van der Waals surface area contributed by atoms with E-state index in [1.165, 1.54) is 20.2 Å². The number of hydrogen-bond acceptors (Lipinski definition) is 5. The largest absolute Gasteiger partial charge is 0.374 e. The molecule has 1 aromatic rings. The number of sulfonamides is 1. The molecule has 0 radical (unpaired) electrons. The summed E-state index contributed by atoms with van der Waals surface area (Å²) in [4.78, 5) is 8.11. The molecule has 7 heteroatoms. The van der Waals surface area contributed by atoms with Gasteiger partial charge in [-0.1, -0.05) is 0 Å². The fraction of sp³-hybridized carbons (Fsp3) is 0.556. The first-order valence-corrected chi connectivity index (χ1v) is 6.30. The number of rotatable bonds is 4. The van der Waals surface area contributed by atoms with Gasteiger partial charge in [-0.3, -0.25) is 9.97 Å². The standard InChI is InChI=1S/C9H15N3O3S/c1-6-4-12-8(5-11-6)9(15-3)7(2)16(10,13)14/h4-5,7,9H,1-3H3,(H2,10,13,14). The smallest absolute Gasteiger partial charge is 0.214 e. The molecule has 0 aliphatic carbocycles. The third-order valence-corrected chi connectivity index (χ3v) is 3.57. The molecule has 1 heterocycles. The van der Waals surface area contributed by atoms with Gasteiger partial charge in [-0.25, -0.2) is 13.6 Å². The van der Waals surface area contributed by atoms with Gasteiger partial charge >= 0.3 is 0 Å². The minimum atomic E-state index is -3.67. The van der Waals surface area contributed by atoms with Crippen molar-refractivity contribution in [1.82, 2.24) is 9.97 Å². The van der Waals surface area contributed by atoms with Gasteiger partial charge in [0.1, 0.15) is 11.4 Å². The van der Waals surface area contributed by atoms with Crippen LogP contribution >= 0.6 is 0 Å². The molecule has 1 aromatic heterocycles. The second-order valence-electron chi connectivity index (χ2n) is 3.53. The van der Waals surface area contributed by atoms with E-state index < -0.39 is 21.4 Å². The molecule has 0 amide bonds. The number of aryl methyl sites for hydroxylation is 1. The SMILES string of the molecule is COC(c1cnc(C)cn1)C(C)S(N)(=O)=O. The summed E-state index contributed by atoms with van der Waals surface area (Å²) in [6.07, 6.45) is 2.34. The van der Waals surface area contributed by atoms with E-state index in [2.05, 4.69) is 9.97 Å². The van der Waals surface area contributed by atoms with Crippen molar-refractivity contribution >= 4 is 10.0 Å². The number of methoxy groups -OCH3 is 1. The zero-order valence-electron chi connectivity index (χ0n) is 9.41. The van der Waals surface area contributed by atoms with Gasteiger partial charge in [-0.15, -0.1) is 0 Å². The van der Waals surface area contributed by atoms with Gasteiger partial charge in [-0.05, 0) is 13.8 Å². The normalized spacial score (nSPS) is 15.8. The third kappa shape index (κ3) is 2.97. The summed E-state index contributed by atoms with van der Waals surface area (Å²) >= 11 is 0. The highest BCUT2D eigenvalue weighted by atomic mass is 32.2. The Hall–Kier alpha value is -1.05. The highest BCUT2D eigenvalue weighted by Crippen LogP contribution is 2.21. The predicted molar refractivity (Wildman–Crippen MR) is 59.1 cm³/mol. The summed E-state index contributed by atoms with van der Waals surface area (Å²) in [6, 6.07) is 0. The number of ether oxygens (including phenoxy) is 1. The highest BCUT2D eigenvalue weighted by molar-refractivity contribution is 7.89. The third-order valence-electron chi connectivity index (χ3n) is 2.29. The molecule has 1 rings (SSSR count). The molecular weight excluding hydrogens is 230 g/mol. The molecule has 0 fully saturated rings. The number of primary sulfonamides is 1. The van der Waals surface area contributed by atoms with Gasteiger partial charge < -0.3 is 4.74 Å². The first kappa shape index (κ1) is 13.0. The molecule has 90 valence electrons. The van der Waals surface area contributed by atoms with Crippen molar-refractivity contribution in [3.05, 3.63) is 23.8 Å². The Morgan fingerprint density at radius 3 is 2.38 bits per heavy atom. The average Bonchev–Trinajstić information content (AvgIpc) is 2.20. The van der Waals surface area contributed by atoms with E-state index in [1.54, 1.807) is 13.1 Å². The molecular formula is C9H15N3O3S. The van der Waals surface area contributed by atoms with E-state index in [0.717, 1.165) is 5.69 Å². The van der Waals surface area contributed by atoms with Crippen LogP contribution < -0.4 is 5.14 Å². The van der Waals surface area contributed by atoms with Crippen molar-refractivity contribution in [3.63, 3.8) is 0 Å². The topological polar surface area (TPSA) is 95.2 Å². The second-order valence-corrected chi connectivity index (χ2v) is 5.45. The Labute approximate surface area is 94.9 Å². The van der Waals surface area contributed by atoms with E-state index >= 15 is 0 Å². The maximum absolute atomic E-state index is 11.2. The van der Waals surface area contributed by atoms with Gasteiger partial charge in [0.25, 0.3) is 0 Å². The summed E-state index contributed by atoms with van der Waals surface area (Å²) in [5, 5.41) is 4.20. The summed E-state index contributed by atoms with van der Waals surface area (Å²) in [7, 11) is -2.25. The lowest BCUT2D eigenvalue weighted by Gasteiger charge is -2.19. The van der Waals surface area contributed by atoms with Crippen LogP contribution in [0.15, 0.2) is 12.4 Å². The van der Waals surface area contributed by atoms with Crippen LogP contribution in [0.5, 0.6) is 0 Å². The first-order valence-electron chi connectivity index (χ1n) is 4.69.